The number of allylic oxidation sites excluding steroid dienone is 4. The van der Waals surface area contributed by atoms with Gasteiger partial charge in [-0.15, -0.1) is 0 Å². The Hall–Kier alpha value is -3.22. The lowest BCUT2D eigenvalue weighted by Gasteiger charge is -2.07. The van der Waals surface area contributed by atoms with E-state index < -0.39 is 11.6 Å². The highest BCUT2D eigenvalue weighted by molar-refractivity contribution is 5.76. The normalized spacial score (nSPS) is 12.2. The highest BCUT2D eigenvalue weighted by Crippen LogP contribution is 2.22. The molecule has 0 saturated carbocycles. The molecule has 2 aromatic heterocycles. The van der Waals surface area contributed by atoms with Crippen molar-refractivity contribution in [2.75, 3.05) is 5.32 Å². The summed E-state index contributed by atoms with van der Waals surface area (Å²) in [6, 6.07) is 4.95. The van der Waals surface area contributed by atoms with Crippen LogP contribution in [-0.2, 0) is 6.54 Å². The molecule has 3 aromatic rings. The molecule has 0 bridgehead atoms. The molecule has 0 saturated heterocycles. The van der Waals surface area contributed by atoms with Crippen molar-refractivity contribution >= 4 is 22.5 Å². The molecule has 0 radical (unpaired) electrons. The molecule has 29 heavy (non-hydrogen) atoms. The number of hydrogen-bond donors (Lipinski definition) is 2. The van der Waals surface area contributed by atoms with E-state index in [9.17, 15) is 13.6 Å². The number of rotatable bonds is 8. The lowest BCUT2D eigenvalue weighted by molar-refractivity contribution is 0.586. The number of H-pyrrole nitrogens is 1. The van der Waals surface area contributed by atoms with Gasteiger partial charge in [0.15, 0.2) is 5.65 Å². The van der Waals surface area contributed by atoms with Crippen LogP contribution in [0.2, 0.25) is 0 Å². The minimum absolute atomic E-state index is 0.129. The number of anilines is 2. The van der Waals surface area contributed by atoms with Crippen LogP contribution in [-0.4, -0.2) is 14.5 Å². The molecule has 7 heteroatoms. The van der Waals surface area contributed by atoms with Crippen LogP contribution in [0.4, 0.5) is 20.2 Å². The van der Waals surface area contributed by atoms with Crippen LogP contribution in [0.15, 0.2) is 59.1 Å². The molecule has 0 aliphatic rings. The maximum Gasteiger partial charge on any atom is 0.327 e. The molecule has 0 aliphatic carbocycles. The summed E-state index contributed by atoms with van der Waals surface area (Å²) in [6.45, 7) is 4.67. The van der Waals surface area contributed by atoms with Gasteiger partial charge >= 0.3 is 5.69 Å². The Balaban J connectivity index is 1.71. The largest absolute Gasteiger partial charge is 0.352 e. The van der Waals surface area contributed by atoms with Crippen LogP contribution < -0.4 is 11.0 Å². The van der Waals surface area contributed by atoms with E-state index in [4.69, 9.17) is 0 Å². The topological polar surface area (TPSA) is 62.7 Å². The van der Waals surface area contributed by atoms with E-state index in [1.54, 1.807) is 10.6 Å². The van der Waals surface area contributed by atoms with Crippen molar-refractivity contribution in [3.63, 3.8) is 0 Å². The lowest BCUT2D eigenvalue weighted by Crippen LogP contribution is -2.16. The third kappa shape index (κ3) is 5.19. The summed E-state index contributed by atoms with van der Waals surface area (Å²) in [6.07, 6.45) is 10.7. The second kappa shape index (κ2) is 9.32. The van der Waals surface area contributed by atoms with Crippen LogP contribution >= 0.6 is 0 Å². The summed E-state index contributed by atoms with van der Waals surface area (Å²) in [7, 11) is 0. The predicted molar refractivity (Wildman–Crippen MR) is 112 cm³/mol. The second-order valence-electron chi connectivity index (χ2n) is 6.84. The summed E-state index contributed by atoms with van der Waals surface area (Å²) in [5, 5.41) is 2.85. The summed E-state index contributed by atoms with van der Waals surface area (Å²) < 4.78 is 28.4. The fraction of sp³-hybridized carbons (Fsp3) is 0.273. The number of benzene rings is 1. The van der Waals surface area contributed by atoms with Crippen molar-refractivity contribution in [1.29, 1.82) is 0 Å². The highest BCUT2D eigenvalue weighted by Gasteiger charge is 2.09. The van der Waals surface area contributed by atoms with Crippen molar-refractivity contribution < 1.29 is 8.78 Å². The van der Waals surface area contributed by atoms with E-state index >= 15 is 0 Å². The molecule has 1 aromatic carbocycles. The molecule has 0 amide bonds. The summed E-state index contributed by atoms with van der Waals surface area (Å²) >= 11 is 0. The maximum absolute atomic E-state index is 13.8. The van der Waals surface area contributed by atoms with Crippen LogP contribution in [0.5, 0.6) is 0 Å². The maximum atomic E-state index is 13.8. The fourth-order valence-electron chi connectivity index (χ4n) is 2.90. The first-order chi connectivity index (χ1) is 14.0. The van der Waals surface area contributed by atoms with Crippen molar-refractivity contribution in [3.8, 4) is 0 Å². The number of aromatic amines is 1. The highest BCUT2D eigenvalue weighted by atomic mass is 19.1. The minimum Gasteiger partial charge on any atom is -0.352 e. The molecular formula is C22H24F2N4O. The molecule has 3 rings (SSSR count). The third-order valence-electron chi connectivity index (χ3n) is 4.66. The van der Waals surface area contributed by atoms with Gasteiger partial charge in [-0.25, -0.2) is 18.6 Å². The van der Waals surface area contributed by atoms with Crippen LogP contribution in [0.1, 0.15) is 33.1 Å². The molecule has 5 nitrogen and oxygen atoms in total. The van der Waals surface area contributed by atoms with E-state index in [1.807, 2.05) is 6.08 Å². The molecule has 0 aliphatic heterocycles. The number of pyridine rings is 1. The van der Waals surface area contributed by atoms with Crippen molar-refractivity contribution in [2.45, 2.75) is 39.7 Å². The van der Waals surface area contributed by atoms with Gasteiger partial charge in [0.25, 0.3) is 0 Å². The van der Waals surface area contributed by atoms with E-state index in [0.29, 0.717) is 23.4 Å². The first kappa shape index (κ1) is 20.5. The molecule has 0 fully saturated rings. The Morgan fingerprint density at radius 3 is 2.83 bits per heavy atom. The number of aromatic nitrogens is 3. The van der Waals surface area contributed by atoms with Gasteiger partial charge in [0.05, 0.1) is 23.1 Å². The van der Waals surface area contributed by atoms with E-state index in [0.717, 1.165) is 25.3 Å². The van der Waals surface area contributed by atoms with E-state index in [2.05, 4.69) is 41.3 Å². The quantitative estimate of drug-likeness (QED) is 0.392. The number of imidazole rings is 1. The summed E-state index contributed by atoms with van der Waals surface area (Å²) in [4.78, 5) is 19.3. The number of halogens is 2. The SMILES string of the molecule is CC/C(C)=C/CC/C=C\Cn1c(=O)[nH]c2cc(Nc3ccc(F)cc3F)cnc21. The first-order valence-corrected chi connectivity index (χ1v) is 9.59. The molecule has 2 heterocycles. The predicted octanol–water partition coefficient (Wildman–Crippen LogP) is 5.44. The van der Waals surface area contributed by atoms with Crippen LogP contribution in [0, 0.1) is 11.6 Å². The monoisotopic (exact) mass is 398 g/mol. The van der Waals surface area contributed by atoms with Crippen molar-refractivity contribution in [1.82, 2.24) is 14.5 Å². The van der Waals surface area contributed by atoms with Gasteiger partial charge in [-0.1, -0.05) is 30.7 Å². The Morgan fingerprint density at radius 2 is 2.07 bits per heavy atom. The molecule has 0 atom stereocenters. The number of nitrogens with zero attached hydrogens (tertiary/aromatic N) is 2. The number of nitrogens with one attached hydrogen (secondary N) is 2. The third-order valence-corrected chi connectivity index (χ3v) is 4.66. The van der Waals surface area contributed by atoms with Gasteiger partial charge < -0.3 is 10.3 Å². The zero-order valence-electron chi connectivity index (χ0n) is 16.5. The van der Waals surface area contributed by atoms with Gasteiger partial charge in [0.2, 0.25) is 0 Å². The standard InChI is InChI=1S/C22H24F2N4O/c1-3-15(2)8-6-4-5-7-11-28-21-20(27-22(28)29)13-17(14-25-21)26-19-10-9-16(23)12-18(19)24/h5,7-10,12-14,26H,3-4,6,11H2,1-2H3,(H,27,29)/b7-5-,15-8+. The van der Waals surface area contributed by atoms with Gasteiger partial charge in [0, 0.05) is 12.6 Å². The van der Waals surface area contributed by atoms with Crippen LogP contribution in [0.3, 0.4) is 0 Å². The molecular weight excluding hydrogens is 374 g/mol. The summed E-state index contributed by atoms with van der Waals surface area (Å²) in [5.74, 6) is -1.35. The number of fused-ring (bicyclic) bond motifs is 1. The Morgan fingerprint density at radius 1 is 1.24 bits per heavy atom. The minimum atomic E-state index is -0.703. The lowest BCUT2D eigenvalue weighted by atomic mass is 10.1. The number of unbranched alkanes of at least 4 members (excludes halogenated alkanes) is 1. The summed E-state index contributed by atoms with van der Waals surface area (Å²) in [5.41, 5.74) is 2.79. The van der Waals surface area contributed by atoms with Crippen molar-refractivity contribution in [3.05, 3.63) is 76.4 Å². The smallest absolute Gasteiger partial charge is 0.327 e. The average Bonchev–Trinajstić information content (AvgIpc) is 3.01. The van der Waals surface area contributed by atoms with Gasteiger partial charge in [-0.2, -0.15) is 0 Å². The van der Waals surface area contributed by atoms with E-state index in [-0.39, 0.29) is 11.4 Å². The van der Waals surface area contributed by atoms with Gasteiger partial charge in [-0.3, -0.25) is 4.57 Å². The molecule has 2 N–H and O–H groups in total. The first-order valence-electron chi connectivity index (χ1n) is 9.59. The number of hydrogen-bond acceptors (Lipinski definition) is 3. The van der Waals surface area contributed by atoms with Crippen LogP contribution in [0.25, 0.3) is 11.2 Å². The fourth-order valence-corrected chi connectivity index (χ4v) is 2.90. The Labute approximate surface area is 167 Å². The Bertz CT molecular complexity index is 1110. The van der Waals surface area contributed by atoms with Crippen molar-refractivity contribution in [2.24, 2.45) is 0 Å². The Kier molecular flexibility index (Phi) is 6.59. The molecule has 0 spiro atoms. The van der Waals surface area contributed by atoms with Gasteiger partial charge in [-0.05, 0) is 44.4 Å². The zero-order chi connectivity index (χ0) is 20.8. The van der Waals surface area contributed by atoms with Gasteiger partial charge in [0.1, 0.15) is 11.6 Å². The van der Waals surface area contributed by atoms with E-state index in [1.165, 1.54) is 23.9 Å². The molecule has 0 unspecified atom stereocenters. The average molecular weight is 398 g/mol. The molecule has 152 valence electrons. The second-order valence-corrected chi connectivity index (χ2v) is 6.84. The zero-order valence-corrected chi connectivity index (χ0v) is 16.5.